The zero-order valence-electron chi connectivity index (χ0n) is 10.5. The van der Waals surface area contributed by atoms with E-state index in [1.54, 1.807) is 19.1 Å². The fourth-order valence-electron chi connectivity index (χ4n) is 1.31. The van der Waals surface area contributed by atoms with Gasteiger partial charge < -0.3 is 0 Å². The average Bonchev–Trinajstić information content (AvgIpc) is 2.20. The van der Waals surface area contributed by atoms with E-state index in [1.165, 1.54) is 0 Å². The third-order valence-electron chi connectivity index (χ3n) is 2.78. The lowest BCUT2D eigenvalue weighted by Gasteiger charge is -2.18. The van der Waals surface area contributed by atoms with E-state index in [1.807, 2.05) is 26.8 Å². The first-order chi connectivity index (χ1) is 7.74. The van der Waals surface area contributed by atoms with Gasteiger partial charge in [0.15, 0.2) is 0 Å². The van der Waals surface area contributed by atoms with Gasteiger partial charge in [0.2, 0.25) is 10.0 Å². The van der Waals surface area contributed by atoms with Gasteiger partial charge in [-0.25, -0.2) is 13.1 Å². The number of rotatable bonds is 4. The number of halogens is 1. The predicted molar refractivity (Wildman–Crippen MR) is 73.5 cm³/mol. The lowest BCUT2D eigenvalue weighted by molar-refractivity contribution is 0.476. The normalized spacial score (nSPS) is 14.0. The van der Waals surface area contributed by atoms with Crippen molar-refractivity contribution in [1.29, 1.82) is 0 Å². The molecule has 0 amide bonds. The molecular formula is C12H18BrNO2S. The molecule has 0 unspecified atom stereocenters. The van der Waals surface area contributed by atoms with Crippen LogP contribution in [0.5, 0.6) is 0 Å². The second-order valence-electron chi connectivity index (χ2n) is 4.56. The Morgan fingerprint density at radius 1 is 1.24 bits per heavy atom. The summed E-state index contributed by atoms with van der Waals surface area (Å²) in [6.45, 7) is 7.64. The molecule has 5 heteroatoms. The number of nitrogens with one attached hydrogen (secondary N) is 1. The average molecular weight is 320 g/mol. The molecule has 1 aromatic rings. The summed E-state index contributed by atoms with van der Waals surface area (Å²) in [7, 11) is -3.44. The third-order valence-corrected chi connectivity index (χ3v) is 4.97. The van der Waals surface area contributed by atoms with Gasteiger partial charge in [0.05, 0.1) is 4.90 Å². The Hall–Kier alpha value is -0.390. The van der Waals surface area contributed by atoms with Gasteiger partial charge >= 0.3 is 0 Å². The summed E-state index contributed by atoms with van der Waals surface area (Å²) in [6, 6.07) is 5.17. The van der Waals surface area contributed by atoms with Crippen LogP contribution in [0.1, 0.15) is 26.3 Å². The summed E-state index contributed by atoms with van der Waals surface area (Å²) in [5, 5.41) is 0. The van der Waals surface area contributed by atoms with Gasteiger partial charge in [0.1, 0.15) is 0 Å². The molecular weight excluding hydrogens is 302 g/mol. The Morgan fingerprint density at radius 2 is 1.82 bits per heavy atom. The van der Waals surface area contributed by atoms with Crippen LogP contribution in [0.25, 0.3) is 0 Å². The van der Waals surface area contributed by atoms with Gasteiger partial charge in [-0.1, -0.05) is 35.8 Å². The molecule has 0 aliphatic rings. The molecule has 1 atom stereocenters. The van der Waals surface area contributed by atoms with Crippen molar-refractivity contribution in [2.45, 2.75) is 38.6 Å². The maximum Gasteiger partial charge on any atom is 0.241 e. The van der Waals surface area contributed by atoms with Crippen LogP contribution in [0.15, 0.2) is 27.6 Å². The molecule has 1 rings (SSSR count). The first kappa shape index (κ1) is 14.7. The molecule has 1 aromatic carbocycles. The van der Waals surface area contributed by atoms with Crippen molar-refractivity contribution in [2.75, 3.05) is 0 Å². The molecule has 17 heavy (non-hydrogen) atoms. The van der Waals surface area contributed by atoms with Crippen molar-refractivity contribution in [3.63, 3.8) is 0 Å². The minimum absolute atomic E-state index is 0.0848. The van der Waals surface area contributed by atoms with E-state index >= 15 is 0 Å². The van der Waals surface area contributed by atoms with Crippen LogP contribution in [0.3, 0.4) is 0 Å². The second-order valence-corrected chi connectivity index (χ2v) is 7.16. The highest BCUT2D eigenvalue weighted by Gasteiger charge is 2.21. The molecule has 3 nitrogen and oxygen atoms in total. The number of hydrogen-bond donors (Lipinski definition) is 1. The van der Waals surface area contributed by atoms with Crippen LogP contribution in [-0.2, 0) is 10.0 Å². The van der Waals surface area contributed by atoms with Gasteiger partial charge in [-0.2, -0.15) is 0 Å². The summed E-state index contributed by atoms with van der Waals surface area (Å²) < 4.78 is 27.8. The minimum atomic E-state index is -3.44. The quantitative estimate of drug-likeness (QED) is 0.927. The minimum Gasteiger partial charge on any atom is -0.208 e. The molecule has 0 fully saturated rings. The van der Waals surface area contributed by atoms with Crippen LogP contribution in [0, 0.1) is 12.8 Å². The molecule has 96 valence electrons. The molecule has 0 aliphatic carbocycles. The molecule has 0 aliphatic heterocycles. The van der Waals surface area contributed by atoms with Gasteiger partial charge in [-0.3, -0.25) is 0 Å². The van der Waals surface area contributed by atoms with Crippen LogP contribution >= 0.6 is 15.9 Å². The van der Waals surface area contributed by atoms with Crippen molar-refractivity contribution in [3.8, 4) is 0 Å². The summed E-state index contributed by atoms with van der Waals surface area (Å²) in [5.74, 6) is 0.261. The third kappa shape index (κ3) is 3.79. The van der Waals surface area contributed by atoms with Crippen molar-refractivity contribution < 1.29 is 8.42 Å². The molecule has 0 saturated carbocycles. The molecule has 0 saturated heterocycles. The van der Waals surface area contributed by atoms with E-state index in [0.717, 1.165) is 10.0 Å². The zero-order valence-corrected chi connectivity index (χ0v) is 12.9. The summed E-state index contributed by atoms with van der Waals surface area (Å²) in [5.41, 5.74) is 0.747. The Kier molecular flexibility index (Phi) is 4.75. The van der Waals surface area contributed by atoms with Crippen LogP contribution in [0.2, 0.25) is 0 Å². The predicted octanol–water partition coefficient (Wildman–Crippen LogP) is 3.08. The summed E-state index contributed by atoms with van der Waals surface area (Å²) in [6.07, 6.45) is 0. The number of benzene rings is 1. The topological polar surface area (TPSA) is 46.2 Å². The Labute approximate surface area is 112 Å². The number of sulfonamides is 1. The zero-order chi connectivity index (χ0) is 13.2. The van der Waals surface area contributed by atoms with E-state index in [4.69, 9.17) is 0 Å². The van der Waals surface area contributed by atoms with E-state index in [9.17, 15) is 8.42 Å². The Balaban J connectivity index is 3.09. The van der Waals surface area contributed by atoms with Crippen molar-refractivity contribution in [3.05, 3.63) is 28.2 Å². The highest BCUT2D eigenvalue weighted by Crippen LogP contribution is 2.21. The fourth-order valence-corrected chi connectivity index (χ4v) is 3.48. The molecule has 0 spiro atoms. The fraction of sp³-hybridized carbons (Fsp3) is 0.500. The lowest BCUT2D eigenvalue weighted by Crippen LogP contribution is -2.36. The number of aryl methyl sites for hydroxylation is 1. The van der Waals surface area contributed by atoms with Crippen molar-refractivity contribution in [1.82, 2.24) is 4.72 Å². The summed E-state index contributed by atoms with van der Waals surface area (Å²) >= 11 is 3.29. The van der Waals surface area contributed by atoms with Crippen molar-refractivity contribution in [2.24, 2.45) is 5.92 Å². The van der Waals surface area contributed by atoms with Gasteiger partial charge in [-0.05, 0) is 37.5 Å². The van der Waals surface area contributed by atoms with Crippen LogP contribution in [0.4, 0.5) is 0 Å². The smallest absolute Gasteiger partial charge is 0.208 e. The lowest BCUT2D eigenvalue weighted by atomic mass is 10.1. The van der Waals surface area contributed by atoms with E-state index < -0.39 is 10.0 Å². The van der Waals surface area contributed by atoms with E-state index in [-0.39, 0.29) is 12.0 Å². The standard InChI is InChI=1S/C12H18BrNO2S/c1-8(2)10(4)14-17(15,16)12-7-11(13)6-5-9(12)3/h5-8,10,14H,1-4H3/t10-/m1/s1. The van der Waals surface area contributed by atoms with E-state index in [2.05, 4.69) is 20.7 Å². The Morgan fingerprint density at radius 3 is 2.35 bits per heavy atom. The highest BCUT2D eigenvalue weighted by molar-refractivity contribution is 9.10. The maximum atomic E-state index is 12.2. The van der Waals surface area contributed by atoms with Crippen molar-refractivity contribution >= 4 is 26.0 Å². The molecule has 0 radical (unpaired) electrons. The first-order valence-corrected chi connectivity index (χ1v) is 7.80. The molecule has 0 bridgehead atoms. The monoisotopic (exact) mass is 319 g/mol. The Bertz CT molecular complexity index is 497. The SMILES string of the molecule is Cc1ccc(Br)cc1S(=O)(=O)N[C@H](C)C(C)C. The second kappa shape index (κ2) is 5.50. The molecule has 0 aromatic heterocycles. The summed E-state index contributed by atoms with van der Waals surface area (Å²) in [4.78, 5) is 0.333. The van der Waals surface area contributed by atoms with Crippen LogP contribution in [-0.4, -0.2) is 14.5 Å². The first-order valence-electron chi connectivity index (χ1n) is 5.52. The largest absolute Gasteiger partial charge is 0.241 e. The van der Waals surface area contributed by atoms with Gasteiger partial charge in [0, 0.05) is 10.5 Å². The molecule has 0 heterocycles. The van der Waals surface area contributed by atoms with Gasteiger partial charge in [0.25, 0.3) is 0 Å². The molecule has 1 N–H and O–H groups in total. The highest BCUT2D eigenvalue weighted by atomic mass is 79.9. The van der Waals surface area contributed by atoms with Gasteiger partial charge in [-0.15, -0.1) is 0 Å². The maximum absolute atomic E-state index is 12.2. The number of hydrogen-bond acceptors (Lipinski definition) is 2. The van der Waals surface area contributed by atoms with E-state index in [0.29, 0.717) is 4.90 Å². The van der Waals surface area contributed by atoms with Crippen LogP contribution < -0.4 is 4.72 Å².